The first-order chi connectivity index (χ1) is 15.2. The van der Waals surface area contributed by atoms with Crippen LogP contribution in [0.5, 0.6) is 11.5 Å². The summed E-state index contributed by atoms with van der Waals surface area (Å²) >= 11 is 0. The number of rotatable bonds is 8. The van der Waals surface area contributed by atoms with Crippen molar-refractivity contribution in [3.63, 3.8) is 0 Å². The van der Waals surface area contributed by atoms with E-state index in [0.29, 0.717) is 22.9 Å². The van der Waals surface area contributed by atoms with Crippen LogP contribution in [-0.4, -0.2) is 27.5 Å². The van der Waals surface area contributed by atoms with Gasteiger partial charge in [0.05, 0.1) is 12.0 Å². The Morgan fingerprint density at radius 2 is 1.53 bits per heavy atom. The second-order valence-corrected chi connectivity index (χ2v) is 9.04. The average molecular weight is 455 g/mol. The molecule has 0 aromatic heterocycles. The van der Waals surface area contributed by atoms with E-state index in [1.54, 1.807) is 50.4 Å². The first-order valence-electron chi connectivity index (χ1n) is 9.99. The predicted molar refractivity (Wildman–Crippen MR) is 125 cm³/mol. The Kier molecular flexibility index (Phi) is 7.05. The molecule has 0 bridgehead atoms. The lowest BCUT2D eigenvalue weighted by atomic mass is 10.1. The summed E-state index contributed by atoms with van der Waals surface area (Å²) in [6.45, 7) is 5.51. The molecule has 32 heavy (non-hydrogen) atoms. The molecule has 0 saturated carbocycles. The molecule has 0 fully saturated rings. The van der Waals surface area contributed by atoms with E-state index < -0.39 is 16.1 Å². The van der Waals surface area contributed by atoms with E-state index in [1.807, 2.05) is 19.9 Å². The van der Waals surface area contributed by atoms with Crippen molar-refractivity contribution in [1.29, 1.82) is 0 Å². The minimum atomic E-state index is -3.75. The third-order valence-electron chi connectivity index (χ3n) is 4.91. The first-order valence-corrected chi connectivity index (χ1v) is 11.5. The summed E-state index contributed by atoms with van der Waals surface area (Å²) in [5.41, 5.74) is 3.03. The second kappa shape index (κ2) is 9.74. The van der Waals surface area contributed by atoms with Crippen molar-refractivity contribution in [2.75, 3.05) is 17.1 Å². The van der Waals surface area contributed by atoms with Crippen LogP contribution in [0, 0.1) is 13.8 Å². The maximum Gasteiger partial charge on any atom is 0.265 e. The number of nitrogens with one attached hydrogen (secondary N) is 2. The molecule has 0 unspecified atom stereocenters. The number of ether oxygens (including phenoxy) is 2. The van der Waals surface area contributed by atoms with E-state index in [2.05, 4.69) is 10.0 Å². The molecule has 168 valence electrons. The highest BCUT2D eigenvalue weighted by Gasteiger charge is 2.17. The van der Waals surface area contributed by atoms with Gasteiger partial charge in [-0.3, -0.25) is 9.52 Å². The van der Waals surface area contributed by atoms with Crippen molar-refractivity contribution in [2.24, 2.45) is 0 Å². The molecule has 3 rings (SSSR count). The molecule has 7 nitrogen and oxygen atoms in total. The highest BCUT2D eigenvalue weighted by atomic mass is 32.2. The summed E-state index contributed by atoms with van der Waals surface area (Å²) in [5, 5.41) is 2.72. The van der Waals surface area contributed by atoms with Crippen molar-refractivity contribution in [2.45, 2.75) is 31.8 Å². The molecule has 1 amide bonds. The number of benzene rings is 3. The number of amides is 1. The Balaban J connectivity index is 1.64. The molecule has 2 N–H and O–H groups in total. The van der Waals surface area contributed by atoms with Crippen LogP contribution in [0.4, 0.5) is 11.4 Å². The van der Waals surface area contributed by atoms with Crippen molar-refractivity contribution in [3.05, 3.63) is 77.9 Å². The highest BCUT2D eigenvalue weighted by Crippen LogP contribution is 2.22. The lowest BCUT2D eigenvalue weighted by Gasteiger charge is -2.15. The van der Waals surface area contributed by atoms with E-state index in [9.17, 15) is 13.2 Å². The van der Waals surface area contributed by atoms with Crippen LogP contribution in [-0.2, 0) is 14.8 Å². The number of carbonyl (C=O) groups is 1. The monoisotopic (exact) mass is 454 g/mol. The molecule has 0 aliphatic rings. The number of carbonyl (C=O) groups excluding carboxylic acids is 1. The Bertz CT molecular complexity index is 1210. The van der Waals surface area contributed by atoms with Crippen LogP contribution in [0.1, 0.15) is 18.1 Å². The number of methoxy groups -OCH3 is 1. The van der Waals surface area contributed by atoms with Crippen LogP contribution in [0.3, 0.4) is 0 Å². The van der Waals surface area contributed by atoms with E-state index in [4.69, 9.17) is 9.47 Å². The number of aryl methyl sites for hydroxylation is 2. The van der Waals surface area contributed by atoms with E-state index in [1.165, 1.54) is 24.3 Å². The number of hydrogen-bond donors (Lipinski definition) is 2. The van der Waals surface area contributed by atoms with Gasteiger partial charge in [0.1, 0.15) is 11.5 Å². The quantitative estimate of drug-likeness (QED) is 0.522. The molecule has 0 aliphatic carbocycles. The fourth-order valence-electron chi connectivity index (χ4n) is 2.91. The maximum absolute atomic E-state index is 12.7. The molecule has 0 spiro atoms. The van der Waals surface area contributed by atoms with Gasteiger partial charge in [0.25, 0.3) is 15.9 Å². The molecule has 0 aliphatic heterocycles. The van der Waals surface area contributed by atoms with E-state index in [-0.39, 0.29) is 10.8 Å². The lowest BCUT2D eigenvalue weighted by molar-refractivity contribution is -0.122. The molecule has 3 aromatic rings. The maximum atomic E-state index is 12.7. The zero-order chi connectivity index (χ0) is 23.3. The number of anilines is 2. The predicted octanol–water partition coefficient (Wildman–Crippen LogP) is 4.52. The second-order valence-electron chi connectivity index (χ2n) is 7.36. The van der Waals surface area contributed by atoms with Crippen LogP contribution in [0.15, 0.2) is 71.6 Å². The van der Waals surface area contributed by atoms with Gasteiger partial charge in [0.15, 0.2) is 6.10 Å². The van der Waals surface area contributed by atoms with Crippen molar-refractivity contribution >= 4 is 27.3 Å². The summed E-state index contributed by atoms with van der Waals surface area (Å²) in [4.78, 5) is 12.5. The minimum Gasteiger partial charge on any atom is -0.497 e. The van der Waals surface area contributed by atoms with Crippen molar-refractivity contribution < 1.29 is 22.7 Å². The van der Waals surface area contributed by atoms with Gasteiger partial charge in [-0.1, -0.05) is 12.1 Å². The van der Waals surface area contributed by atoms with Crippen LogP contribution < -0.4 is 19.5 Å². The molecular formula is C24H26N2O5S. The summed E-state index contributed by atoms with van der Waals surface area (Å²) in [5.74, 6) is 0.767. The van der Waals surface area contributed by atoms with Gasteiger partial charge < -0.3 is 14.8 Å². The fraction of sp³-hybridized carbons (Fsp3) is 0.208. The molecule has 0 saturated heterocycles. The van der Waals surface area contributed by atoms with Gasteiger partial charge in [-0.2, -0.15) is 0 Å². The third kappa shape index (κ3) is 5.79. The normalized spacial score (nSPS) is 12.0. The number of hydrogen-bond acceptors (Lipinski definition) is 5. The molecule has 1 atom stereocenters. The van der Waals surface area contributed by atoms with Gasteiger partial charge in [0.2, 0.25) is 0 Å². The van der Waals surface area contributed by atoms with Gasteiger partial charge in [-0.15, -0.1) is 0 Å². The summed E-state index contributed by atoms with van der Waals surface area (Å²) in [7, 11) is -2.20. The molecule has 8 heteroatoms. The summed E-state index contributed by atoms with van der Waals surface area (Å²) < 4.78 is 38.7. The zero-order valence-corrected chi connectivity index (χ0v) is 19.2. The van der Waals surface area contributed by atoms with Gasteiger partial charge in [-0.05, 0) is 80.4 Å². The third-order valence-corrected chi connectivity index (χ3v) is 6.31. The average Bonchev–Trinajstić information content (AvgIpc) is 2.76. The van der Waals surface area contributed by atoms with Gasteiger partial charge >= 0.3 is 0 Å². The molecule has 0 radical (unpaired) electrons. The van der Waals surface area contributed by atoms with Crippen molar-refractivity contribution in [1.82, 2.24) is 0 Å². The van der Waals surface area contributed by atoms with Crippen LogP contribution >= 0.6 is 0 Å². The Labute approximate surface area is 188 Å². The van der Waals surface area contributed by atoms with Gasteiger partial charge in [0, 0.05) is 17.4 Å². The topological polar surface area (TPSA) is 93.7 Å². The van der Waals surface area contributed by atoms with E-state index >= 15 is 0 Å². The largest absolute Gasteiger partial charge is 0.497 e. The Hall–Kier alpha value is -3.52. The SMILES string of the molecule is COc1cccc(O[C@H](C)C(=O)Nc2ccc(S(=O)(=O)Nc3ccc(C)c(C)c3)cc2)c1. The van der Waals surface area contributed by atoms with Crippen LogP contribution in [0.2, 0.25) is 0 Å². The highest BCUT2D eigenvalue weighted by molar-refractivity contribution is 7.92. The molecular weight excluding hydrogens is 428 g/mol. The fourth-order valence-corrected chi connectivity index (χ4v) is 3.96. The molecule has 3 aromatic carbocycles. The van der Waals surface area contributed by atoms with Gasteiger partial charge in [-0.25, -0.2) is 8.42 Å². The smallest absolute Gasteiger partial charge is 0.265 e. The minimum absolute atomic E-state index is 0.0920. The first kappa shape index (κ1) is 23.1. The van der Waals surface area contributed by atoms with E-state index in [0.717, 1.165) is 11.1 Å². The van der Waals surface area contributed by atoms with Crippen molar-refractivity contribution in [3.8, 4) is 11.5 Å². The Morgan fingerprint density at radius 3 is 2.19 bits per heavy atom. The van der Waals surface area contributed by atoms with Crippen LogP contribution in [0.25, 0.3) is 0 Å². The summed E-state index contributed by atoms with van der Waals surface area (Å²) in [6.07, 6.45) is -0.767. The lowest BCUT2D eigenvalue weighted by Crippen LogP contribution is -2.30. The molecule has 0 heterocycles. The standard InChI is InChI=1S/C24H26N2O5S/c1-16-8-9-20(14-17(16)2)26-32(28,29)23-12-10-19(11-13-23)25-24(27)18(3)31-22-7-5-6-21(15-22)30-4/h5-15,18,26H,1-4H3,(H,25,27)/t18-/m1/s1. The summed E-state index contributed by atoms with van der Waals surface area (Å²) in [6, 6.07) is 18.3. The number of sulfonamides is 1. The zero-order valence-electron chi connectivity index (χ0n) is 18.4. The Morgan fingerprint density at radius 1 is 0.875 bits per heavy atom.